The van der Waals surface area contributed by atoms with E-state index < -0.39 is 17.4 Å². The molecule has 1 amide bonds. The number of nitrogens with zero attached hydrogens (tertiary/aromatic N) is 5. The Morgan fingerprint density at radius 3 is 2.72 bits per heavy atom. The first kappa shape index (κ1) is 18.6. The maximum atomic E-state index is 13.5. The number of halogens is 1. The van der Waals surface area contributed by atoms with E-state index in [1.54, 1.807) is 38.1 Å². The predicted molar refractivity (Wildman–Crippen MR) is 109 cm³/mol. The van der Waals surface area contributed by atoms with Gasteiger partial charge < -0.3 is 10.2 Å². The minimum absolute atomic E-state index is 0.308. The molecule has 4 rings (SSSR count). The van der Waals surface area contributed by atoms with Crippen LogP contribution in [0.2, 0.25) is 0 Å². The Kier molecular flexibility index (Phi) is 4.50. The van der Waals surface area contributed by atoms with Gasteiger partial charge in [-0.2, -0.15) is 0 Å². The van der Waals surface area contributed by atoms with E-state index in [2.05, 4.69) is 15.4 Å². The monoisotopic (exact) mass is 394 g/mol. The lowest BCUT2D eigenvalue weighted by Crippen LogP contribution is -2.28. The molecular weight excluding hydrogens is 375 g/mol. The number of aryl methyl sites for hydroxylation is 1. The number of fused-ring (bicyclic) bond motifs is 3. The molecule has 2 aromatic heterocycles. The molecule has 9 heteroatoms. The van der Waals surface area contributed by atoms with Gasteiger partial charge in [-0.05, 0) is 36.8 Å². The van der Waals surface area contributed by atoms with Crippen LogP contribution in [0.15, 0.2) is 47.3 Å². The topological polar surface area (TPSA) is 84.5 Å². The highest BCUT2D eigenvalue weighted by Crippen LogP contribution is 2.21. The molecule has 0 saturated carbocycles. The summed E-state index contributed by atoms with van der Waals surface area (Å²) in [4.78, 5) is 31.8. The second kappa shape index (κ2) is 7.01. The van der Waals surface area contributed by atoms with Crippen molar-refractivity contribution in [2.24, 2.45) is 0 Å². The van der Waals surface area contributed by atoms with E-state index in [9.17, 15) is 14.0 Å². The molecule has 8 nitrogen and oxygen atoms in total. The van der Waals surface area contributed by atoms with Crippen LogP contribution in [0.4, 0.5) is 15.9 Å². The second-order valence-electron chi connectivity index (χ2n) is 6.93. The maximum absolute atomic E-state index is 13.5. The molecular formula is C20H19FN6O2. The second-order valence-corrected chi connectivity index (χ2v) is 6.93. The number of benzene rings is 2. The average Bonchev–Trinajstić information content (AvgIpc) is 3.00. The number of anilines is 2. The van der Waals surface area contributed by atoms with Gasteiger partial charge in [-0.3, -0.25) is 4.79 Å². The summed E-state index contributed by atoms with van der Waals surface area (Å²) in [5, 5.41) is 6.96. The lowest BCUT2D eigenvalue weighted by molar-refractivity contribution is -0.117. The molecule has 0 radical (unpaired) electrons. The van der Waals surface area contributed by atoms with Crippen LogP contribution in [-0.4, -0.2) is 39.2 Å². The smallest absolute Gasteiger partial charge is 0.351 e. The Morgan fingerprint density at radius 2 is 1.97 bits per heavy atom. The lowest BCUT2D eigenvalue weighted by atomic mass is 10.2. The number of para-hydroxylation sites is 2. The lowest BCUT2D eigenvalue weighted by Gasteiger charge is -2.12. The molecule has 0 saturated heterocycles. The third kappa shape index (κ3) is 3.31. The molecule has 0 atom stereocenters. The van der Waals surface area contributed by atoms with E-state index >= 15 is 0 Å². The van der Waals surface area contributed by atoms with Gasteiger partial charge in [0.05, 0.1) is 11.0 Å². The van der Waals surface area contributed by atoms with Crippen LogP contribution in [0.1, 0.15) is 5.56 Å². The van der Waals surface area contributed by atoms with Crippen molar-refractivity contribution in [2.45, 2.75) is 13.5 Å². The van der Waals surface area contributed by atoms with Gasteiger partial charge in [0.15, 0.2) is 5.82 Å². The standard InChI is InChI=1S/C20H19FN6O2/c1-12-8-9-13(21)10-15(12)22-17(28)11-26-20(29)27-16-7-5-4-6-14(16)23-18(25(2)3)19(27)24-26/h4-10H,11H2,1-3H3,(H,22,28). The van der Waals surface area contributed by atoms with Crippen molar-refractivity contribution in [3.63, 3.8) is 0 Å². The first-order valence-electron chi connectivity index (χ1n) is 8.97. The minimum atomic E-state index is -0.479. The van der Waals surface area contributed by atoms with Crippen molar-refractivity contribution in [2.75, 3.05) is 24.3 Å². The van der Waals surface area contributed by atoms with Gasteiger partial charge in [-0.25, -0.2) is 23.3 Å². The molecule has 4 aromatic rings. The van der Waals surface area contributed by atoms with Crippen molar-refractivity contribution in [3.8, 4) is 0 Å². The zero-order valence-corrected chi connectivity index (χ0v) is 16.2. The molecule has 0 aliphatic rings. The SMILES string of the molecule is Cc1ccc(F)cc1NC(=O)Cn1nc2c(N(C)C)nc3ccccc3n2c1=O. The molecule has 0 bridgehead atoms. The Morgan fingerprint density at radius 1 is 1.21 bits per heavy atom. The van der Waals surface area contributed by atoms with Crippen LogP contribution in [-0.2, 0) is 11.3 Å². The van der Waals surface area contributed by atoms with Crippen molar-refractivity contribution in [1.29, 1.82) is 0 Å². The molecule has 0 spiro atoms. The van der Waals surface area contributed by atoms with E-state index in [0.717, 1.165) is 4.68 Å². The number of carbonyl (C=O) groups is 1. The highest BCUT2D eigenvalue weighted by Gasteiger charge is 2.18. The fraction of sp³-hybridized carbons (Fsp3) is 0.200. The fourth-order valence-electron chi connectivity index (χ4n) is 3.14. The van der Waals surface area contributed by atoms with E-state index in [0.29, 0.717) is 33.7 Å². The Bertz CT molecular complexity index is 1310. The van der Waals surface area contributed by atoms with Crippen LogP contribution in [0.25, 0.3) is 16.7 Å². The zero-order chi connectivity index (χ0) is 20.7. The number of nitrogens with one attached hydrogen (secondary N) is 1. The summed E-state index contributed by atoms with van der Waals surface area (Å²) in [6.45, 7) is 1.45. The quantitative estimate of drug-likeness (QED) is 0.574. The van der Waals surface area contributed by atoms with Crippen molar-refractivity contribution in [1.82, 2.24) is 19.2 Å². The summed E-state index contributed by atoms with van der Waals surface area (Å²) in [5.74, 6) is -0.419. The number of aromatic nitrogens is 4. The Hall–Kier alpha value is -3.75. The molecule has 0 aliphatic heterocycles. The third-order valence-corrected chi connectivity index (χ3v) is 4.58. The van der Waals surface area contributed by atoms with Crippen molar-refractivity contribution in [3.05, 3.63) is 64.3 Å². The number of rotatable bonds is 4. The molecule has 0 fully saturated rings. The van der Waals surface area contributed by atoms with E-state index in [-0.39, 0.29) is 6.54 Å². The molecule has 1 N–H and O–H groups in total. The largest absolute Gasteiger partial charge is 0.360 e. The maximum Gasteiger partial charge on any atom is 0.351 e. The third-order valence-electron chi connectivity index (χ3n) is 4.58. The minimum Gasteiger partial charge on any atom is -0.360 e. The van der Waals surface area contributed by atoms with Crippen LogP contribution >= 0.6 is 0 Å². The highest BCUT2D eigenvalue weighted by atomic mass is 19.1. The van der Waals surface area contributed by atoms with Gasteiger partial charge in [-0.15, -0.1) is 5.10 Å². The van der Waals surface area contributed by atoms with Crippen LogP contribution in [0.3, 0.4) is 0 Å². The summed E-state index contributed by atoms with van der Waals surface area (Å²) >= 11 is 0. The first-order chi connectivity index (χ1) is 13.8. The van der Waals surface area contributed by atoms with Crippen molar-refractivity contribution < 1.29 is 9.18 Å². The summed E-state index contributed by atoms with van der Waals surface area (Å²) < 4.78 is 16.0. The zero-order valence-electron chi connectivity index (χ0n) is 16.2. The summed E-state index contributed by atoms with van der Waals surface area (Å²) in [5.41, 5.74) is 2.22. The van der Waals surface area contributed by atoms with Gasteiger partial charge in [0.25, 0.3) is 0 Å². The van der Waals surface area contributed by atoms with Crippen molar-refractivity contribution >= 4 is 34.1 Å². The molecule has 0 aliphatic carbocycles. The van der Waals surface area contributed by atoms with Gasteiger partial charge >= 0.3 is 5.69 Å². The van der Waals surface area contributed by atoms with Gasteiger partial charge in [0.2, 0.25) is 11.6 Å². The number of carbonyl (C=O) groups excluding carboxylic acids is 1. The normalized spacial score (nSPS) is 11.2. The number of hydrogen-bond donors (Lipinski definition) is 1. The van der Waals surface area contributed by atoms with Gasteiger partial charge in [0.1, 0.15) is 12.4 Å². The molecule has 2 aromatic carbocycles. The summed E-state index contributed by atoms with van der Waals surface area (Å²) in [6, 6.07) is 11.4. The van der Waals surface area contributed by atoms with E-state index in [1.807, 2.05) is 18.2 Å². The van der Waals surface area contributed by atoms with Crippen LogP contribution in [0.5, 0.6) is 0 Å². The number of hydrogen-bond acceptors (Lipinski definition) is 5. The predicted octanol–water partition coefficient (Wildman–Crippen LogP) is 2.20. The molecule has 148 valence electrons. The van der Waals surface area contributed by atoms with E-state index in [1.165, 1.54) is 16.5 Å². The van der Waals surface area contributed by atoms with E-state index in [4.69, 9.17) is 0 Å². The van der Waals surface area contributed by atoms with Gasteiger partial charge in [-0.1, -0.05) is 18.2 Å². The molecule has 0 unspecified atom stereocenters. The number of amides is 1. The Labute approximate surface area is 165 Å². The fourth-order valence-corrected chi connectivity index (χ4v) is 3.14. The average molecular weight is 394 g/mol. The Balaban J connectivity index is 1.77. The molecule has 29 heavy (non-hydrogen) atoms. The first-order valence-corrected chi connectivity index (χ1v) is 8.97. The summed E-state index contributed by atoms with van der Waals surface area (Å²) in [7, 11) is 3.61. The van der Waals surface area contributed by atoms with Gasteiger partial charge in [0, 0.05) is 19.8 Å². The highest BCUT2D eigenvalue weighted by molar-refractivity contribution is 5.91. The molecule has 2 heterocycles. The summed E-state index contributed by atoms with van der Waals surface area (Å²) in [6.07, 6.45) is 0. The van der Waals surface area contributed by atoms with Crippen LogP contribution < -0.4 is 15.9 Å². The van der Waals surface area contributed by atoms with Crippen LogP contribution in [0, 0.1) is 12.7 Å².